The fourth-order valence-electron chi connectivity index (χ4n) is 1.52. The summed E-state index contributed by atoms with van der Waals surface area (Å²) in [6.45, 7) is 5.83. The second-order valence-electron chi connectivity index (χ2n) is 4.15. The van der Waals surface area contributed by atoms with Crippen molar-refractivity contribution in [3.8, 4) is 11.5 Å². The number of carboxylic acid groups (broad SMARTS) is 1. The van der Waals surface area contributed by atoms with Crippen LogP contribution >= 0.6 is 11.6 Å². The van der Waals surface area contributed by atoms with Crippen LogP contribution in [-0.4, -0.2) is 30.8 Å². The summed E-state index contributed by atoms with van der Waals surface area (Å²) >= 11 is 6.14. The van der Waals surface area contributed by atoms with Crippen LogP contribution < -0.4 is 14.8 Å². The van der Waals surface area contributed by atoms with Crippen LogP contribution in [0.1, 0.15) is 12.5 Å². The molecule has 110 valence electrons. The second-order valence-corrected chi connectivity index (χ2v) is 4.56. The van der Waals surface area contributed by atoms with E-state index in [0.29, 0.717) is 29.7 Å². The van der Waals surface area contributed by atoms with Crippen LogP contribution in [0.4, 0.5) is 0 Å². The van der Waals surface area contributed by atoms with Crippen molar-refractivity contribution >= 4 is 17.6 Å². The van der Waals surface area contributed by atoms with E-state index < -0.39 is 12.0 Å². The summed E-state index contributed by atoms with van der Waals surface area (Å²) in [5.41, 5.74) is 0.811. The van der Waals surface area contributed by atoms with Crippen LogP contribution in [0.3, 0.4) is 0 Å². The minimum atomic E-state index is -0.908. The van der Waals surface area contributed by atoms with Crippen LogP contribution in [0.2, 0.25) is 5.02 Å². The Kier molecular flexibility index (Phi) is 6.35. The molecule has 0 heterocycles. The van der Waals surface area contributed by atoms with Crippen molar-refractivity contribution in [2.75, 3.05) is 13.7 Å². The molecule has 1 atom stereocenters. The van der Waals surface area contributed by atoms with Gasteiger partial charge in [-0.3, -0.25) is 4.79 Å². The summed E-state index contributed by atoms with van der Waals surface area (Å²) in [5, 5.41) is 12.1. The molecule has 20 heavy (non-hydrogen) atoms. The maximum atomic E-state index is 10.7. The standard InChI is InChI=1S/C14H18ClNO4/c1-4-5-20-13-11(15)6-10(7-12(13)19-3)8-16-9(2)14(17)18/h4,6-7,9,16H,1,5,8H2,2-3H3,(H,17,18)/t9-/m0/s1. The number of methoxy groups -OCH3 is 1. The van der Waals surface area contributed by atoms with E-state index in [1.165, 1.54) is 7.11 Å². The molecule has 0 aliphatic carbocycles. The van der Waals surface area contributed by atoms with Crippen LogP contribution in [0.25, 0.3) is 0 Å². The van der Waals surface area contributed by atoms with Gasteiger partial charge in [0.05, 0.1) is 12.1 Å². The van der Waals surface area contributed by atoms with Gasteiger partial charge in [-0.05, 0) is 24.6 Å². The summed E-state index contributed by atoms with van der Waals surface area (Å²) in [5.74, 6) is 0.0391. The first-order valence-corrected chi connectivity index (χ1v) is 6.43. The number of ether oxygens (including phenoxy) is 2. The molecule has 0 radical (unpaired) electrons. The summed E-state index contributed by atoms with van der Waals surface area (Å²) < 4.78 is 10.7. The monoisotopic (exact) mass is 299 g/mol. The van der Waals surface area contributed by atoms with E-state index in [2.05, 4.69) is 11.9 Å². The molecule has 0 amide bonds. The average molecular weight is 300 g/mol. The third-order valence-corrected chi connectivity index (χ3v) is 2.90. The van der Waals surface area contributed by atoms with Crippen LogP contribution in [0.5, 0.6) is 11.5 Å². The quantitative estimate of drug-likeness (QED) is 0.722. The Bertz CT molecular complexity index is 490. The predicted molar refractivity (Wildman–Crippen MR) is 77.6 cm³/mol. The normalized spacial score (nSPS) is 11.8. The Morgan fingerprint density at radius 3 is 2.85 bits per heavy atom. The molecule has 0 spiro atoms. The van der Waals surface area contributed by atoms with Gasteiger partial charge in [0, 0.05) is 6.54 Å². The summed E-state index contributed by atoms with van der Waals surface area (Å²) in [6, 6.07) is 2.83. The van der Waals surface area contributed by atoms with Crippen LogP contribution in [0, 0.1) is 0 Å². The van der Waals surface area contributed by atoms with E-state index in [4.69, 9.17) is 26.2 Å². The lowest BCUT2D eigenvalue weighted by molar-refractivity contribution is -0.139. The molecule has 5 nitrogen and oxygen atoms in total. The Balaban J connectivity index is 2.87. The topological polar surface area (TPSA) is 67.8 Å². The molecule has 0 saturated heterocycles. The van der Waals surface area contributed by atoms with Gasteiger partial charge in [0.1, 0.15) is 12.6 Å². The smallest absolute Gasteiger partial charge is 0.320 e. The molecule has 0 bridgehead atoms. The Morgan fingerprint density at radius 2 is 2.30 bits per heavy atom. The van der Waals surface area contributed by atoms with Gasteiger partial charge in [-0.1, -0.05) is 24.3 Å². The van der Waals surface area contributed by atoms with E-state index in [1.54, 1.807) is 25.1 Å². The zero-order chi connectivity index (χ0) is 15.1. The maximum absolute atomic E-state index is 10.7. The molecule has 6 heteroatoms. The number of aliphatic carboxylic acids is 1. The highest BCUT2D eigenvalue weighted by molar-refractivity contribution is 6.32. The number of benzene rings is 1. The molecule has 0 aromatic heterocycles. The second kappa shape index (κ2) is 7.77. The van der Waals surface area contributed by atoms with Crippen molar-refractivity contribution in [1.82, 2.24) is 5.32 Å². The number of carbonyl (C=O) groups is 1. The van der Waals surface area contributed by atoms with Crippen molar-refractivity contribution < 1.29 is 19.4 Å². The number of hydrogen-bond donors (Lipinski definition) is 2. The third-order valence-electron chi connectivity index (χ3n) is 2.62. The molecule has 1 rings (SSSR count). The zero-order valence-corrected chi connectivity index (χ0v) is 12.2. The first-order chi connectivity index (χ1) is 9.49. The largest absolute Gasteiger partial charge is 0.493 e. The third kappa shape index (κ3) is 4.43. The number of halogens is 1. The van der Waals surface area contributed by atoms with Crippen LogP contribution in [-0.2, 0) is 11.3 Å². The molecular formula is C14H18ClNO4. The Labute approximate surface area is 123 Å². The number of nitrogens with one attached hydrogen (secondary N) is 1. The Morgan fingerprint density at radius 1 is 1.60 bits per heavy atom. The molecule has 0 aliphatic heterocycles. The highest BCUT2D eigenvalue weighted by Crippen LogP contribution is 2.36. The molecule has 2 N–H and O–H groups in total. The van der Waals surface area contributed by atoms with Gasteiger partial charge in [0.2, 0.25) is 0 Å². The van der Waals surface area contributed by atoms with Crippen molar-refractivity contribution in [2.45, 2.75) is 19.5 Å². The summed E-state index contributed by atoms with van der Waals surface area (Å²) in [4.78, 5) is 10.7. The summed E-state index contributed by atoms with van der Waals surface area (Å²) in [6.07, 6.45) is 1.61. The summed E-state index contributed by atoms with van der Waals surface area (Å²) in [7, 11) is 1.52. The number of carboxylic acids is 1. The van der Waals surface area contributed by atoms with Gasteiger partial charge in [-0.25, -0.2) is 0 Å². The molecule has 1 aromatic rings. The first kappa shape index (κ1) is 16.3. The van der Waals surface area contributed by atoms with Gasteiger partial charge >= 0.3 is 5.97 Å². The number of rotatable bonds is 8. The fourth-order valence-corrected chi connectivity index (χ4v) is 1.80. The maximum Gasteiger partial charge on any atom is 0.320 e. The molecule has 1 aromatic carbocycles. The first-order valence-electron chi connectivity index (χ1n) is 6.05. The fraction of sp³-hybridized carbons (Fsp3) is 0.357. The van der Waals surface area contributed by atoms with E-state index in [9.17, 15) is 4.79 Å². The SMILES string of the molecule is C=CCOc1c(Cl)cc(CN[C@@H](C)C(=O)O)cc1OC. The van der Waals surface area contributed by atoms with Gasteiger partial charge in [-0.2, -0.15) is 0 Å². The van der Waals surface area contributed by atoms with E-state index in [0.717, 1.165) is 5.56 Å². The minimum absolute atomic E-state index is 0.323. The van der Waals surface area contributed by atoms with Crippen molar-refractivity contribution in [2.24, 2.45) is 0 Å². The lowest BCUT2D eigenvalue weighted by Crippen LogP contribution is -2.33. The molecule has 0 aliphatic rings. The van der Waals surface area contributed by atoms with E-state index >= 15 is 0 Å². The lowest BCUT2D eigenvalue weighted by atomic mass is 10.2. The lowest BCUT2D eigenvalue weighted by Gasteiger charge is -2.14. The van der Waals surface area contributed by atoms with E-state index in [1.807, 2.05) is 0 Å². The number of hydrogen-bond acceptors (Lipinski definition) is 4. The molecule has 0 fully saturated rings. The van der Waals surface area contributed by atoms with Crippen molar-refractivity contribution in [1.29, 1.82) is 0 Å². The van der Waals surface area contributed by atoms with E-state index in [-0.39, 0.29) is 0 Å². The van der Waals surface area contributed by atoms with Gasteiger partial charge < -0.3 is 19.9 Å². The molecule has 0 unspecified atom stereocenters. The highest BCUT2D eigenvalue weighted by atomic mass is 35.5. The van der Waals surface area contributed by atoms with Gasteiger partial charge in [-0.15, -0.1) is 0 Å². The zero-order valence-electron chi connectivity index (χ0n) is 11.5. The molecule has 0 saturated carbocycles. The minimum Gasteiger partial charge on any atom is -0.493 e. The van der Waals surface area contributed by atoms with Crippen molar-refractivity contribution in [3.63, 3.8) is 0 Å². The molecular weight excluding hydrogens is 282 g/mol. The van der Waals surface area contributed by atoms with Gasteiger partial charge in [0.15, 0.2) is 11.5 Å². The Hall–Kier alpha value is -1.72. The average Bonchev–Trinajstić information content (AvgIpc) is 2.42. The van der Waals surface area contributed by atoms with Crippen molar-refractivity contribution in [3.05, 3.63) is 35.4 Å². The predicted octanol–water partition coefficient (Wildman–Crippen LogP) is 2.48. The van der Waals surface area contributed by atoms with Crippen LogP contribution in [0.15, 0.2) is 24.8 Å². The van der Waals surface area contributed by atoms with Gasteiger partial charge in [0.25, 0.3) is 0 Å². The highest BCUT2D eigenvalue weighted by Gasteiger charge is 2.14.